The number of aliphatic hydroxyl groups excluding tert-OH is 1. The van der Waals surface area contributed by atoms with Gasteiger partial charge in [0.1, 0.15) is 17.8 Å². The Kier molecular flexibility index (Phi) is 8.06. The quantitative estimate of drug-likeness (QED) is 0.330. The maximum atomic E-state index is 15.3. The summed E-state index contributed by atoms with van der Waals surface area (Å²) in [7, 11) is 1.60. The van der Waals surface area contributed by atoms with E-state index in [0.29, 0.717) is 54.8 Å². The second-order valence-electron chi connectivity index (χ2n) is 10.5. The smallest absolute Gasteiger partial charge is 0.324 e. The molecule has 0 bridgehead atoms. The van der Waals surface area contributed by atoms with Crippen molar-refractivity contribution in [3.05, 3.63) is 65.0 Å². The number of carbonyl (C=O) groups excluding carboxylic acids is 1. The molecule has 1 saturated heterocycles. The second-order valence-corrected chi connectivity index (χ2v) is 10.5. The van der Waals surface area contributed by atoms with Gasteiger partial charge in [-0.3, -0.25) is 4.79 Å². The molecule has 1 amide bonds. The number of nitrogens with zero attached hydrogens (tertiary/aromatic N) is 7. The number of aromatic nitrogens is 5. The molecule has 212 valence electrons. The Morgan fingerprint density at radius 1 is 1.20 bits per heavy atom. The molecule has 0 unspecified atom stereocenters. The summed E-state index contributed by atoms with van der Waals surface area (Å²) in [6.07, 6.45) is 4.79. The Labute approximate surface area is 230 Å². The fraction of sp³-hybridized carbons (Fsp3) is 0.464. The Bertz CT molecular complexity index is 1490. The summed E-state index contributed by atoms with van der Waals surface area (Å²) in [4.78, 5) is 29.2. The topological polar surface area (TPSA) is 113 Å². The minimum absolute atomic E-state index is 0.0170. The molecule has 0 saturated carbocycles. The average molecular weight is 554 g/mol. The SMILES string of the molecule is CC(C)c1noc(N2CCC(n3cc(F)c4c(Cc5ccc(C(=O)N(C)CCCO)cc5F)ncnc43)CC2)n1. The van der Waals surface area contributed by atoms with E-state index < -0.39 is 11.6 Å². The van der Waals surface area contributed by atoms with Crippen molar-refractivity contribution in [3.63, 3.8) is 0 Å². The van der Waals surface area contributed by atoms with Gasteiger partial charge in [-0.15, -0.1) is 0 Å². The van der Waals surface area contributed by atoms with E-state index in [-0.39, 0.29) is 41.8 Å². The number of carbonyl (C=O) groups is 1. The number of anilines is 1. The lowest BCUT2D eigenvalue weighted by molar-refractivity contribution is 0.0786. The van der Waals surface area contributed by atoms with Gasteiger partial charge in [-0.25, -0.2) is 18.7 Å². The highest BCUT2D eigenvalue weighted by Gasteiger charge is 2.27. The maximum Gasteiger partial charge on any atom is 0.324 e. The van der Waals surface area contributed by atoms with Gasteiger partial charge in [0.05, 0.1) is 11.1 Å². The van der Waals surface area contributed by atoms with Crippen molar-refractivity contribution in [1.29, 1.82) is 0 Å². The number of amides is 1. The van der Waals surface area contributed by atoms with E-state index in [1.807, 2.05) is 23.3 Å². The number of aliphatic hydroxyl groups is 1. The van der Waals surface area contributed by atoms with E-state index in [2.05, 4.69) is 20.1 Å². The van der Waals surface area contributed by atoms with Crippen molar-refractivity contribution in [3.8, 4) is 0 Å². The van der Waals surface area contributed by atoms with Crippen LogP contribution in [-0.4, -0.2) is 73.9 Å². The molecule has 40 heavy (non-hydrogen) atoms. The lowest BCUT2D eigenvalue weighted by Gasteiger charge is -2.31. The standard InChI is InChI=1S/C28H33F2N7O3/c1-17(2)25-33-28(40-34-25)36-10-7-20(8-11-36)37-15-22(30)24-23(31-16-32-26(24)37)14-18-5-6-19(13-21(18)29)27(39)35(3)9-4-12-38/h5-6,13,15-17,20,38H,4,7-12,14H2,1-3H3. The van der Waals surface area contributed by atoms with Crippen molar-refractivity contribution >= 4 is 23.0 Å². The highest BCUT2D eigenvalue weighted by Crippen LogP contribution is 2.32. The zero-order valence-corrected chi connectivity index (χ0v) is 22.8. The van der Waals surface area contributed by atoms with Crippen LogP contribution in [-0.2, 0) is 6.42 Å². The predicted octanol–water partition coefficient (Wildman–Crippen LogP) is 4.10. The molecule has 1 aromatic carbocycles. The van der Waals surface area contributed by atoms with E-state index >= 15 is 8.78 Å². The Hall–Kier alpha value is -3.93. The molecule has 1 fully saturated rings. The van der Waals surface area contributed by atoms with Crippen molar-refractivity contribution < 1.29 is 23.2 Å². The van der Waals surface area contributed by atoms with Crippen molar-refractivity contribution in [2.75, 3.05) is 38.2 Å². The van der Waals surface area contributed by atoms with Crippen LogP contribution in [0.4, 0.5) is 14.8 Å². The summed E-state index contributed by atoms with van der Waals surface area (Å²) in [5.74, 6) is -0.512. The van der Waals surface area contributed by atoms with Gasteiger partial charge in [-0.2, -0.15) is 4.98 Å². The van der Waals surface area contributed by atoms with Crippen LogP contribution in [0.15, 0.2) is 35.2 Å². The first-order valence-electron chi connectivity index (χ1n) is 13.5. The minimum Gasteiger partial charge on any atom is -0.396 e. The van der Waals surface area contributed by atoms with Gasteiger partial charge in [-0.05, 0) is 37.0 Å². The van der Waals surface area contributed by atoms with Crippen molar-refractivity contribution in [2.24, 2.45) is 0 Å². The third-order valence-corrected chi connectivity index (χ3v) is 7.37. The number of hydrogen-bond acceptors (Lipinski definition) is 8. The fourth-order valence-electron chi connectivity index (χ4n) is 5.07. The maximum absolute atomic E-state index is 15.3. The molecular formula is C28H33F2N7O3. The summed E-state index contributed by atoms with van der Waals surface area (Å²) in [5.41, 5.74) is 1.36. The first-order chi connectivity index (χ1) is 19.3. The molecule has 3 aromatic heterocycles. The lowest BCUT2D eigenvalue weighted by atomic mass is 10.0. The van der Waals surface area contributed by atoms with Gasteiger partial charge in [0.15, 0.2) is 11.6 Å². The van der Waals surface area contributed by atoms with Gasteiger partial charge in [0, 0.05) is 63.4 Å². The Balaban J connectivity index is 1.32. The molecular weight excluding hydrogens is 520 g/mol. The van der Waals surface area contributed by atoms with Crippen LogP contribution in [0, 0.1) is 11.6 Å². The van der Waals surface area contributed by atoms with E-state index in [1.54, 1.807) is 13.1 Å². The van der Waals surface area contributed by atoms with Crippen LogP contribution in [0.2, 0.25) is 0 Å². The number of benzene rings is 1. The van der Waals surface area contributed by atoms with Crippen LogP contribution < -0.4 is 4.90 Å². The minimum atomic E-state index is -0.568. The van der Waals surface area contributed by atoms with Gasteiger partial charge in [0.25, 0.3) is 5.91 Å². The summed E-state index contributed by atoms with van der Waals surface area (Å²) in [6.45, 7) is 5.70. The first-order valence-corrected chi connectivity index (χ1v) is 13.5. The number of hydrogen-bond donors (Lipinski definition) is 1. The van der Waals surface area contributed by atoms with E-state index in [9.17, 15) is 4.79 Å². The highest BCUT2D eigenvalue weighted by atomic mass is 19.1. The largest absolute Gasteiger partial charge is 0.396 e. The monoisotopic (exact) mass is 553 g/mol. The molecule has 5 rings (SSSR count). The molecule has 1 aliphatic rings. The molecule has 12 heteroatoms. The fourth-order valence-corrected chi connectivity index (χ4v) is 5.07. The highest BCUT2D eigenvalue weighted by molar-refractivity contribution is 5.94. The molecule has 1 aliphatic heterocycles. The predicted molar refractivity (Wildman–Crippen MR) is 144 cm³/mol. The molecule has 1 N–H and O–H groups in total. The molecule has 0 radical (unpaired) electrons. The second kappa shape index (κ2) is 11.7. The zero-order chi connectivity index (χ0) is 28.4. The van der Waals surface area contributed by atoms with Crippen molar-refractivity contribution in [1.82, 2.24) is 29.6 Å². The third-order valence-electron chi connectivity index (χ3n) is 7.37. The molecule has 10 nitrogen and oxygen atoms in total. The van der Waals surface area contributed by atoms with Gasteiger partial charge in [-0.1, -0.05) is 25.1 Å². The number of piperidine rings is 1. The van der Waals surface area contributed by atoms with Crippen LogP contribution >= 0.6 is 0 Å². The van der Waals surface area contributed by atoms with Crippen LogP contribution in [0.3, 0.4) is 0 Å². The van der Waals surface area contributed by atoms with Crippen LogP contribution in [0.25, 0.3) is 11.0 Å². The van der Waals surface area contributed by atoms with Crippen LogP contribution in [0.1, 0.15) is 72.5 Å². The van der Waals surface area contributed by atoms with Crippen molar-refractivity contribution in [2.45, 2.75) is 51.5 Å². The molecule has 0 spiro atoms. The normalized spacial score (nSPS) is 14.4. The number of rotatable bonds is 9. The first kappa shape index (κ1) is 27.6. The van der Waals surface area contributed by atoms with Gasteiger partial charge < -0.3 is 24.0 Å². The lowest BCUT2D eigenvalue weighted by Crippen LogP contribution is -2.34. The number of fused-ring (bicyclic) bond motifs is 1. The molecule has 0 atom stereocenters. The molecule has 4 heterocycles. The summed E-state index contributed by atoms with van der Waals surface area (Å²) >= 11 is 0. The summed E-state index contributed by atoms with van der Waals surface area (Å²) in [5, 5.41) is 13.3. The summed E-state index contributed by atoms with van der Waals surface area (Å²) in [6, 6.07) is 4.79. The summed E-state index contributed by atoms with van der Waals surface area (Å²) < 4.78 is 37.6. The van der Waals surface area contributed by atoms with E-state index in [0.717, 1.165) is 12.8 Å². The van der Waals surface area contributed by atoms with E-state index in [1.165, 1.54) is 29.6 Å². The Morgan fingerprint density at radius 2 is 1.98 bits per heavy atom. The molecule has 4 aromatic rings. The van der Waals surface area contributed by atoms with E-state index in [4.69, 9.17) is 9.63 Å². The molecule has 0 aliphatic carbocycles. The zero-order valence-electron chi connectivity index (χ0n) is 22.8. The van der Waals surface area contributed by atoms with Crippen LogP contribution in [0.5, 0.6) is 0 Å². The van der Waals surface area contributed by atoms with Gasteiger partial charge in [0.2, 0.25) is 0 Å². The third kappa shape index (κ3) is 5.53. The average Bonchev–Trinajstić information content (AvgIpc) is 3.58. The number of halogens is 2. The van der Waals surface area contributed by atoms with Gasteiger partial charge >= 0.3 is 6.01 Å². The Morgan fingerprint density at radius 3 is 2.65 bits per heavy atom.